The number of hydrogen-bond donors (Lipinski definition) is 1. The molecule has 10 heteroatoms. The zero-order chi connectivity index (χ0) is 22.2. The molecule has 158 valence electrons. The number of nitrogens with one attached hydrogen (secondary N) is 1. The Bertz CT molecular complexity index is 1310. The Hall–Kier alpha value is -3.30. The molecule has 0 aliphatic carbocycles. The third-order valence-corrected chi connectivity index (χ3v) is 6.41. The van der Waals surface area contributed by atoms with Crippen molar-refractivity contribution < 1.29 is 22.0 Å². The molecule has 0 unspecified atom stereocenters. The Kier molecular flexibility index (Phi) is 5.47. The Labute approximate surface area is 181 Å². The van der Waals surface area contributed by atoms with E-state index in [1.54, 1.807) is 6.07 Å². The van der Waals surface area contributed by atoms with Crippen molar-refractivity contribution in [3.63, 3.8) is 0 Å². The Balaban J connectivity index is 1.74. The number of rotatable bonds is 4. The fourth-order valence-corrected chi connectivity index (χ4v) is 4.62. The van der Waals surface area contributed by atoms with Gasteiger partial charge in [0, 0.05) is 21.8 Å². The average Bonchev–Trinajstić information content (AvgIpc) is 2.72. The summed E-state index contributed by atoms with van der Waals surface area (Å²) in [6.07, 6.45) is 0. The van der Waals surface area contributed by atoms with E-state index < -0.39 is 34.1 Å². The summed E-state index contributed by atoms with van der Waals surface area (Å²) in [5.41, 5.74) is 0.504. The Morgan fingerprint density at radius 2 is 1.71 bits per heavy atom. The lowest BCUT2D eigenvalue weighted by Gasteiger charge is -2.27. The van der Waals surface area contributed by atoms with E-state index in [1.165, 1.54) is 48.5 Å². The van der Waals surface area contributed by atoms with Crippen LogP contribution in [0, 0.1) is 11.6 Å². The minimum absolute atomic E-state index is 0.0278. The van der Waals surface area contributed by atoms with Crippen molar-refractivity contribution in [3.05, 3.63) is 94.5 Å². The van der Waals surface area contributed by atoms with E-state index >= 15 is 0 Å². The predicted octanol–water partition coefficient (Wildman–Crippen LogP) is 4.01. The molecule has 0 fully saturated rings. The van der Waals surface area contributed by atoms with E-state index in [2.05, 4.69) is 10.4 Å². The maximum Gasteiger partial charge on any atom is 0.280 e. The van der Waals surface area contributed by atoms with Gasteiger partial charge in [0.25, 0.3) is 10.0 Å². The van der Waals surface area contributed by atoms with E-state index in [9.17, 15) is 22.0 Å². The molecule has 1 aliphatic heterocycles. The van der Waals surface area contributed by atoms with Gasteiger partial charge >= 0.3 is 0 Å². The molecule has 1 N–H and O–H groups in total. The highest BCUT2D eigenvalue weighted by molar-refractivity contribution is 7.89. The van der Waals surface area contributed by atoms with Crippen molar-refractivity contribution in [1.82, 2.24) is 4.41 Å². The van der Waals surface area contributed by atoms with E-state index in [-0.39, 0.29) is 32.4 Å². The van der Waals surface area contributed by atoms with Gasteiger partial charge in [-0.2, -0.15) is 17.9 Å². The van der Waals surface area contributed by atoms with Crippen molar-refractivity contribution in [2.24, 2.45) is 5.10 Å². The minimum atomic E-state index is -4.20. The molecule has 31 heavy (non-hydrogen) atoms. The summed E-state index contributed by atoms with van der Waals surface area (Å²) in [4.78, 5) is 12.3. The number of carbonyl (C=O) groups is 1. The third-order valence-electron chi connectivity index (χ3n) is 4.50. The van der Waals surface area contributed by atoms with Gasteiger partial charge in [-0.1, -0.05) is 23.7 Å². The number of hydrogen-bond acceptors (Lipinski definition) is 4. The molecular weight excluding hydrogens is 448 g/mol. The molecule has 6 nitrogen and oxygen atoms in total. The molecule has 0 saturated heterocycles. The molecule has 1 heterocycles. The van der Waals surface area contributed by atoms with Gasteiger partial charge < -0.3 is 5.32 Å². The fraction of sp³-hybridized carbons (Fsp3) is 0.0476. The molecule has 0 spiro atoms. The Morgan fingerprint density at radius 1 is 1.00 bits per heavy atom. The molecule has 0 bridgehead atoms. The molecule has 0 radical (unpaired) electrons. The standard InChI is InChI=1S/C21H14ClF2N3O3S/c22-13-5-10-19-17(11-13)21(16-3-1-2-4-18(16)24)26-27(31(19,29)30)12-20(28)25-15-8-6-14(23)7-9-15/h1-11H,12H2,(H,25,28). The monoisotopic (exact) mass is 461 g/mol. The first-order valence-electron chi connectivity index (χ1n) is 8.97. The highest BCUT2D eigenvalue weighted by Gasteiger charge is 2.35. The van der Waals surface area contributed by atoms with Gasteiger partial charge in [0.15, 0.2) is 0 Å². The van der Waals surface area contributed by atoms with Gasteiger partial charge in [0.1, 0.15) is 23.9 Å². The lowest BCUT2D eigenvalue weighted by atomic mass is 10.0. The first kappa shape index (κ1) is 21.0. The van der Waals surface area contributed by atoms with Crippen LogP contribution < -0.4 is 5.32 Å². The van der Waals surface area contributed by atoms with Crippen molar-refractivity contribution >= 4 is 38.9 Å². The van der Waals surface area contributed by atoms with Gasteiger partial charge in [-0.15, -0.1) is 0 Å². The second kappa shape index (κ2) is 8.09. The van der Waals surface area contributed by atoms with Crippen molar-refractivity contribution in [1.29, 1.82) is 0 Å². The topological polar surface area (TPSA) is 78.8 Å². The highest BCUT2D eigenvalue weighted by atomic mass is 35.5. The van der Waals surface area contributed by atoms with Crippen LogP contribution >= 0.6 is 11.6 Å². The summed E-state index contributed by atoms with van der Waals surface area (Å²) >= 11 is 6.04. The van der Waals surface area contributed by atoms with Gasteiger partial charge in [0.2, 0.25) is 5.91 Å². The summed E-state index contributed by atoms with van der Waals surface area (Å²) in [7, 11) is -4.20. The maximum atomic E-state index is 14.5. The first-order valence-corrected chi connectivity index (χ1v) is 10.8. The normalized spacial score (nSPS) is 14.5. The molecule has 1 amide bonds. The van der Waals surface area contributed by atoms with Crippen LogP contribution in [0.25, 0.3) is 0 Å². The molecular formula is C21H14ClF2N3O3S. The van der Waals surface area contributed by atoms with Crippen LogP contribution in [0.5, 0.6) is 0 Å². The van der Waals surface area contributed by atoms with Crippen LogP contribution in [0.2, 0.25) is 5.02 Å². The van der Waals surface area contributed by atoms with Crippen LogP contribution in [-0.2, 0) is 14.8 Å². The van der Waals surface area contributed by atoms with E-state index in [0.717, 1.165) is 12.1 Å². The number of carbonyl (C=O) groups excluding carboxylic acids is 1. The van der Waals surface area contributed by atoms with E-state index in [1.807, 2.05) is 0 Å². The van der Waals surface area contributed by atoms with Crippen LogP contribution in [0.1, 0.15) is 11.1 Å². The maximum absolute atomic E-state index is 14.5. The molecule has 0 aromatic heterocycles. The van der Waals surface area contributed by atoms with Crippen LogP contribution in [0.4, 0.5) is 14.5 Å². The third kappa shape index (κ3) is 4.14. The molecule has 3 aromatic carbocycles. The minimum Gasteiger partial charge on any atom is -0.324 e. The zero-order valence-electron chi connectivity index (χ0n) is 15.7. The van der Waals surface area contributed by atoms with Crippen molar-refractivity contribution in [2.75, 3.05) is 11.9 Å². The molecule has 3 aromatic rings. The number of sulfonamides is 1. The number of anilines is 1. The number of amides is 1. The average molecular weight is 462 g/mol. The second-order valence-electron chi connectivity index (χ2n) is 6.61. The zero-order valence-corrected chi connectivity index (χ0v) is 17.3. The summed E-state index contributed by atoms with van der Waals surface area (Å²) in [5, 5.41) is 6.81. The number of halogens is 3. The van der Waals surface area contributed by atoms with Crippen molar-refractivity contribution in [3.8, 4) is 0 Å². The fourth-order valence-electron chi connectivity index (χ4n) is 3.07. The van der Waals surface area contributed by atoms with Gasteiger partial charge in [-0.25, -0.2) is 8.78 Å². The lowest BCUT2D eigenvalue weighted by molar-refractivity contribution is -0.116. The number of fused-ring (bicyclic) bond motifs is 1. The second-order valence-corrected chi connectivity index (χ2v) is 8.86. The molecule has 1 aliphatic rings. The number of benzene rings is 3. The lowest BCUT2D eigenvalue weighted by Crippen LogP contribution is -2.38. The van der Waals surface area contributed by atoms with Crippen LogP contribution in [-0.4, -0.2) is 31.0 Å². The van der Waals surface area contributed by atoms with E-state index in [4.69, 9.17) is 11.6 Å². The number of nitrogens with zero attached hydrogens (tertiary/aromatic N) is 2. The largest absolute Gasteiger partial charge is 0.324 e. The van der Waals surface area contributed by atoms with Crippen LogP contribution in [0.3, 0.4) is 0 Å². The van der Waals surface area contributed by atoms with E-state index in [0.29, 0.717) is 4.41 Å². The van der Waals surface area contributed by atoms with Crippen LogP contribution in [0.15, 0.2) is 76.7 Å². The van der Waals surface area contributed by atoms with Gasteiger partial charge in [-0.3, -0.25) is 4.79 Å². The summed E-state index contributed by atoms with van der Waals surface area (Å²) < 4.78 is 54.3. The smallest absolute Gasteiger partial charge is 0.280 e. The highest BCUT2D eigenvalue weighted by Crippen LogP contribution is 2.31. The summed E-state index contributed by atoms with van der Waals surface area (Å²) in [5.74, 6) is -1.79. The van der Waals surface area contributed by atoms with Gasteiger partial charge in [0.05, 0.1) is 4.90 Å². The number of hydrazone groups is 1. The SMILES string of the molecule is O=C(CN1N=C(c2ccccc2F)c2cc(Cl)ccc2S1(=O)=O)Nc1ccc(F)cc1. The summed E-state index contributed by atoms with van der Waals surface area (Å²) in [6.45, 7) is -0.667. The van der Waals surface area contributed by atoms with Crippen molar-refractivity contribution in [2.45, 2.75) is 4.90 Å². The Morgan fingerprint density at radius 3 is 2.42 bits per heavy atom. The predicted molar refractivity (Wildman–Crippen MR) is 112 cm³/mol. The molecule has 0 saturated carbocycles. The first-order chi connectivity index (χ1) is 14.8. The molecule has 4 rings (SSSR count). The quantitative estimate of drug-likeness (QED) is 0.637. The molecule has 0 atom stereocenters. The van der Waals surface area contributed by atoms with Gasteiger partial charge in [-0.05, 0) is 54.6 Å². The summed E-state index contributed by atoms with van der Waals surface area (Å²) in [6, 6.07) is 14.8.